The zero-order valence-electron chi connectivity index (χ0n) is 10.4. The zero-order chi connectivity index (χ0) is 13.7. The van der Waals surface area contributed by atoms with Crippen LogP contribution in [0.4, 0.5) is 0 Å². The van der Waals surface area contributed by atoms with Crippen molar-refractivity contribution < 1.29 is 9.36 Å². The molecule has 0 unspecified atom stereocenters. The van der Waals surface area contributed by atoms with Crippen LogP contribution in [0.3, 0.4) is 0 Å². The van der Waals surface area contributed by atoms with Gasteiger partial charge in [-0.2, -0.15) is 0 Å². The van der Waals surface area contributed by atoms with E-state index in [4.69, 9.17) is 0 Å². The minimum Gasteiger partial charge on any atom is -0.300 e. The minimum absolute atomic E-state index is 0.211. The van der Waals surface area contributed by atoms with Crippen LogP contribution in [0.15, 0.2) is 60.7 Å². The molecule has 0 saturated carbocycles. The van der Waals surface area contributed by atoms with E-state index < -0.39 is 6.34 Å². The largest absolute Gasteiger partial charge is 0.300 e. The van der Waals surface area contributed by atoms with Gasteiger partial charge >= 0.3 is 0 Å². The van der Waals surface area contributed by atoms with Crippen molar-refractivity contribution in [1.29, 1.82) is 0 Å². The number of carbonyl (C=O) groups excluding carboxylic acids is 1. The van der Waals surface area contributed by atoms with Gasteiger partial charge in [0.1, 0.15) is 0 Å². The summed E-state index contributed by atoms with van der Waals surface area (Å²) < 4.78 is 15.9. The average molecular weight is 291 g/mol. The Labute approximate surface area is 116 Å². The molecule has 0 aromatic heterocycles. The van der Waals surface area contributed by atoms with Crippen LogP contribution in [0, 0.1) is 0 Å². The van der Waals surface area contributed by atoms with Gasteiger partial charge in [0.15, 0.2) is 0 Å². The molecule has 3 nitrogen and oxygen atoms in total. The minimum atomic E-state index is -2.89. The van der Waals surface area contributed by atoms with Gasteiger partial charge in [0.05, 0.1) is 0 Å². The summed E-state index contributed by atoms with van der Waals surface area (Å²) in [5.41, 5.74) is 0. The summed E-state index contributed by atoms with van der Waals surface area (Å²) in [6, 6.07) is 18.4. The molecule has 19 heavy (non-hydrogen) atoms. The highest BCUT2D eigenvalue weighted by molar-refractivity contribution is 8.61. The average Bonchev–Trinajstić information content (AvgIpc) is 2.46. The normalized spacial score (nSPS) is 11.0. The highest BCUT2D eigenvalue weighted by Gasteiger charge is 2.28. The van der Waals surface area contributed by atoms with Crippen molar-refractivity contribution >= 4 is 34.4 Å². The van der Waals surface area contributed by atoms with E-state index in [0.717, 1.165) is 22.2 Å². The van der Waals surface area contributed by atoms with Gasteiger partial charge in [-0.25, -0.2) is 0 Å². The maximum Gasteiger partial charge on any atom is 0.227 e. The smallest absolute Gasteiger partial charge is 0.227 e. The second-order valence-electron chi connectivity index (χ2n) is 3.97. The van der Waals surface area contributed by atoms with Crippen LogP contribution in [0.5, 0.6) is 0 Å². The second-order valence-corrected chi connectivity index (χ2v) is 8.58. The topological polar surface area (TPSA) is 46.2 Å². The van der Waals surface area contributed by atoms with E-state index in [9.17, 15) is 9.36 Å². The maximum absolute atomic E-state index is 13.3. The maximum atomic E-state index is 13.3. The summed E-state index contributed by atoms with van der Waals surface area (Å²) in [5, 5.41) is 1.44. The molecule has 0 aliphatic carbocycles. The van der Waals surface area contributed by atoms with Gasteiger partial charge in [-0.05, 0) is 0 Å². The Bertz CT molecular complexity index is 558. The van der Waals surface area contributed by atoms with Crippen LogP contribution in [0.1, 0.15) is 6.92 Å². The molecule has 98 valence electrons. The predicted octanol–water partition coefficient (Wildman–Crippen LogP) is 2.70. The Hall–Kier alpha value is -1.51. The Morgan fingerprint density at radius 3 is 1.74 bits per heavy atom. The molecule has 2 rings (SSSR count). The van der Waals surface area contributed by atoms with Gasteiger partial charge in [0, 0.05) is 29.1 Å². The van der Waals surface area contributed by atoms with Crippen molar-refractivity contribution in [3.05, 3.63) is 60.7 Å². The van der Waals surface area contributed by atoms with E-state index in [-0.39, 0.29) is 5.91 Å². The van der Waals surface area contributed by atoms with E-state index in [1.54, 1.807) is 0 Å². The second kappa shape index (κ2) is 6.09. The fourth-order valence-electron chi connectivity index (χ4n) is 1.63. The zero-order valence-corrected chi connectivity index (χ0v) is 12.2. The first-order valence-electron chi connectivity index (χ1n) is 5.79. The van der Waals surface area contributed by atoms with Crippen LogP contribution in [0.2, 0.25) is 0 Å². The lowest BCUT2D eigenvalue weighted by Gasteiger charge is -2.17. The van der Waals surface area contributed by atoms with Gasteiger partial charge in [-0.3, -0.25) is 9.52 Å². The monoisotopic (exact) mass is 291 g/mol. The molecule has 0 saturated heterocycles. The molecular formula is C14H14NO2PS. The van der Waals surface area contributed by atoms with E-state index >= 15 is 0 Å². The molecule has 0 heterocycles. The van der Waals surface area contributed by atoms with Gasteiger partial charge in [-0.15, -0.1) is 0 Å². The van der Waals surface area contributed by atoms with E-state index in [2.05, 4.69) is 4.72 Å². The van der Waals surface area contributed by atoms with Gasteiger partial charge in [0.25, 0.3) is 0 Å². The Kier molecular flexibility index (Phi) is 4.46. The molecule has 1 amide bonds. The summed E-state index contributed by atoms with van der Waals surface area (Å²) in [6.45, 7) is 1.41. The SMILES string of the molecule is CC(=O)NSP(=O)(c1ccccc1)c1ccccc1. The summed E-state index contributed by atoms with van der Waals surface area (Å²) in [5.74, 6) is -0.211. The predicted molar refractivity (Wildman–Crippen MR) is 81.2 cm³/mol. The van der Waals surface area contributed by atoms with Gasteiger partial charge < -0.3 is 4.57 Å². The third-order valence-electron chi connectivity index (χ3n) is 2.51. The lowest BCUT2D eigenvalue weighted by atomic mass is 10.4. The quantitative estimate of drug-likeness (QED) is 0.696. The molecule has 0 radical (unpaired) electrons. The van der Waals surface area contributed by atoms with Crippen LogP contribution >= 0.6 is 17.9 Å². The molecule has 0 bridgehead atoms. The van der Waals surface area contributed by atoms with Crippen molar-refractivity contribution in [3.63, 3.8) is 0 Å². The molecule has 0 aliphatic heterocycles. The van der Waals surface area contributed by atoms with Crippen LogP contribution in [-0.2, 0) is 9.36 Å². The number of hydrogen-bond acceptors (Lipinski definition) is 3. The molecule has 0 spiro atoms. The molecule has 2 aromatic rings. The number of hydrogen-bond donors (Lipinski definition) is 1. The molecule has 0 atom stereocenters. The van der Waals surface area contributed by atoms with Crippen molar-refractivity contribution in [1.82, 2.24) is 4.72 Å². The van der Waals surface area contributed by atoms with Crippen molar-refractivity contribution in [2.24, 2.45) is 0 Å². The molecule has 1 N–H and O–H groups in total. The van der Waals surface area contributed by atoms with Crippen molar-refractivity contribution in [3.8, 4) is 0 Å². The first kappa shape index (κ1) is 13.9. The van der Waals surface area contributed by atoms with Gasteiger partial charge in [0.2, 0.25) is 12.3 Å². The number of carbonyl (C=O) groups is 1. The highest BCUT2D eigenvalue weighted by Crippen LogP contribution is 2.54. The van der Waals surface area contributed by atoms with E-state index in [0.29, 0.717) is 0 Å². The third kappa shape index (κ3) is 3.28. The number of nitrogens with one attached hydrogen (secondary N) is 1. The third-order valence-corrected chi connectivity index (χ3v) is 7.41. The Morgan fingerprint density at radius 2 is 1.37 bits per heavy atom. The molecular weight excluding hydrogens is 277 g/mol. The Morgan fingerprint density at radius 1 is 0.947 bits per heavy atom. The summed E-state index contributed by atoms with van der Waals surface area (Å²) in [6.07, 6.45) is -2.89. The number of benzene rings is 2. The fraction of sp³-hybridized carbons (Fsp3) is 0.0714. The molecule has 2 aromatic carbocycles. The first-order valence-corrected chi connectivity index (χ1v) is 8.92. The number of amides is 1. The van der Waals surface area contributed by atoms with Crippen LogP contribution in [-0.4, -0.2) is 5.91 Å². The Balaban J connectivity index is 2.45. The molecule has 0 fully saturated rings. The summed E-state index contributed by atoms with van der Waals surface area (Å²) >= 11 is 0.994. The van der Waals surface area contributed by atoms with Crippen molar-refractivity contribution in [2.45, 2.75) is 6.92 Å². The summed E-state index contributed by atoms with van der Waals surface area (Å²) in [7, 11) is 0. The van der Waals surface area contributed by atoms with E-state index in [1.807, 2.05) is 60.7 Å². The van der Waals surface area contributed by atoms with Crippen LogP contribution < -0.4 is 15.3 Å². The van der Waals surface area contributed by atoms with Crippen molar-refractivity contribution in [2.75, 3.05) is 0 Å². The molecule has 0 aliphatic rings. The standard InChI is InChI=1S/C14H14NO2PS/c1-12(16)15-19-18(17,13-8-4-2-5-9-13)14-10-6-3-7-11-14/h2-11H,1H3,(H,15,16). The summed E-state index contributed by atoms with van der Waals surface area (Å²) in [4.78, 5) is 11.1. The van der Waals surface area contributed by atoms with E-state index in [1.165, 1.54) is 6.92 Å². The van der Waals surface area contributed by atoms with Crippen LogP contribution in [0.25, 0.3) is 0 Å². The van der Waals surface area contributed by atoms with Gasteiger partial charge in [-0.1, -0.05) is 60.7 Å². The molecule has 5 heteroatoms. The highest BCUT2D eigenvalue weighted by atomic mass is 32.7. The lowest BCUT2D eigenvalue weighted by molar-refractivity contribution is -0.117. The number of rotatable bonds is 4. The first-order chi connectivity index (χ1) is 9.13. The fourth-order valence-corrected chi connectivity index (χ4v) is 5.66. The lowest BCUT2D eigenvalue weighted by Crippen LogP contribution is -2.19.